The molecule has 1 aliphatic carbocycles. The molecule has 1 aliphatic rings. The number of hydrogen-bond acceptors (Lipinski definition) is 4. The van der Waals surface area contributed by atoms with Gasteiger partial charge in [-0.3, -0.25) is 0 Å². The maximum absolute atomic E-state index is 6.35. The zero-order chi connectivity index (χ0) is 10.9. The van der Waals surface area contributed by atoms with Gasteiger partial charge in [0, 0.05) is 12.0 Å². The topological polar surface area (TPSA) is 69.6 Å². The quantitative estimate of drug-likeness (QED) is 0.794. The average molecular weight is 209 g/mol. The summed E-state index contributed by atoms with van der Waals surface area (Å²) in [5, 5.41) is 12.0. The molecule has 5 nitrogen and oxygen atoms in total. The van der Waals surface area contributed by atoms with E-state index in [4.69, 9.17) is 5.73 Å². The fourth-order valence-corrected chi connectivity index (χ4v) is 2.49. The van der Waals surface area contributed by atoms with Crippen molar-refractivity contribution in [1.82, 2.24) is 20.2 Å². The van der Waals surface area contributed by atoms with E-state index in [2.05, 4.69) is 22.3 Å². The second-order valence-electron chi connectivity index (χ2n) is 4.75. The molecule has 1 saturated carbocycles. The van der Waals surface area contributed by atoms with Crippen molar-refractivity contribution in [1.29, 1.82) is 0 Å². The minimum Gasteiger partial charge on any atom is -0.325 e. The fraction of sp³-hybridized carbons (Fsp3) is 0.900. The SMILES string of the molecule is CCC1CCC(N)(Cc2nnn(C)n2)C1. The van der Waals surface area contributed by atoms with Gasteiger partial charge in [0.2, 0.25) is 0 Å². The summed E-state index contributed by atoms with van der Waals surface area (Å²) in [6.07, 6.45) is 5.42. The van der Waals surface area contributed by atoms with Crippen molar-refractivity contribution in [3.05, 3.63) is 5.82 Å². The lowest BCUT2D eigenvalue weighted by Gasteiger charge is -2.22. The molecule has 0 amide bonds. The first kappa shape index (κ1) is 10.5. The normalized spacial score (nSPS) is 31.0. The molecule has 2 atom stereocenters. The van der Waals surface area contributed by atoms with Crippen LogP contribution < -0.4 is 5.73 Å². The largest absolute Gasteiger partial charge is 0.325 e. The molecule has 0 aromatic carbocycles. The Bertz CT molecular complexity index is 334. The molecule has 2 N–H and O–H groups in total. The minimum atomic E-state index is -0.0935. The molecule has 15 heavy (non-hydrogen) atoms. The van der Waals surface area contributed by atoms with Gasteiger partial charge in [0.1, 0.15) is 0 Å². The zero-order valence-corrected chi connectivity index (χ0v) is 9.48. The van der Waals surface area contributed by atoms with E-state index in [0.29, 0.717) is 0 Å². The molecule has 1 aromatic rings. The lowest BCUT2D eigenvalue weighted by atomic mass is 9.92. The van der Waals surface area contributed by atoms with E-state index in [1.807, 2.05) is 0 Å². The minimum absolute atomic E-state index is 0.0935. The third-order valence-electron chi connectivity index (χ3n) is 3.38. The Kier molecular flexibility index (Phi) is 2.73. The average Bonchev–Trinajstić information content (AvgIpc) is 2.74. The highest BCUT2D eigenvalue weighted by Gasteiger charge is 2.35. The maximum Gasteiger partial charge on any atom is 0.176 e. The highest BCUT2D eigenvalue weighted by molar-refractivity contribution is 4.99. The van der Waals surface area contributed by atoms with Crippen LogP contribution in [-0.2, 0) is 13.5 Å². The van der Waals surface area contributed by atoms with Gasteiger partial charge in [-0.1, -0.05) is 13.3 Å². The van der Waals surface area contributed by atoms with Crippen LogP contribution in [0.4, 0.5) is 0 Å². The molecule has 1 aromatic heterocycles. The third kappa shape index (κ3) is 2.34. The van der Waals surface area contributed by atoms with E-state index in [1.165, 1.54) is 17.6 Å². The molecule has 0 aliphatic heterocycles. The van der Waals surface area contributed by atoms with Gasteiger partial charge in [0.25, 0.3) is 0 Å². The van der Waals surface area contributed by atoms with Crippen LogP contribution in [0.1, 0.15) is 38.4 Å². The van der Waals surface area contributed by atoms with Crippen molar-refractivity contribution in [2.45, 2.75) is 44.6 Å². The van der Waals surface area contributed by atoms with Gasteiger partial charge in [-0.15, -0.1) is 10.2 Å². The van der Waals surface area contributed by atoms with Crippen LogP contribution in [0.25, 0.3) is 0 Å². The van der Waals surface area contributed by atoms with E-state index in [1.54, 1.807) is 7.05 Å². The van der Waals surface area contributed by atoms with Crippen LogP contribution in [0.15, 0.2) is 0 Å². The van der Waals surface area contributed by atoms with Gasteiger partial charge in [0.15, 0.2) is 5.82 Å². The number of nitrogens with zero attached hydrogens (tertiary/aromatic N) is 4. The summed E-state index contributed by atoms with van der Waals surface area (Å²) in [7, 11) is 1.78. The Labute approximate surface area is 90.0 Å². The van der Waals surface area contributed by atoms with Crippen molar-refractivity contribution in [2.24, 2.45) is 18.7 Å². The van der Waals surface area contributed by atoms with E-state index < -0.39 is 0 Å². The number of nitrogens with two attached hydrogens (primary N) is 1. The molecule has 2 unspecified atom stereocenters. The number of rotatable bonds is 3. The Morgan fingerprint density at radius 3 is 2.93 bits per heavy atom. The van der Waals surface area contributed by atoms with Crippen molar-refractivity contribution in [2.75, 3.05) is 0 Å². The smallest absolute Gasteiger partial charge is 0.176 e. The molecule has 0 bridgehead atoms. The number of aromatic nitrogens is 4. The first-order valence-corrected chi connectivity index (χ1v) is 5.63. The number of aryl methyl sites for hydroxylation is 1. The van der Waals surface area contributed by atoms with Crippen LogP contribution in [0.2, 0.25) is 0 Å². The van der Waals surface area contributed by atoms with E-state index >= 15 is 0 Å². The molecule has 1 heterocycles. The Balaban J connectivity index is 2.00. The van der Waals surface area contributed by atoms with Gasteiger partial charge in [-0.2, -0.15) is 4.80 Å². The van der Waals surface area contributed by atoms with E-state index in [-0.39, 0.29) is 5.54 Å². The van der Waals surface area contributed by atoms with E-state index in [9.17, 15) is 0 Å². The maximum atomic E-state index is 6.35. The number of hydrogen-bond donors (Lipinski definition) is 1. The van der Waals surface area contributed by atoms with Crippen LogP contribution in [0, 0.1) is 5.92 Å². The molecule has 0 radical (unpaired) electrons. The van der Waals surface area contributed by atoms with Crippen LogP contribution in [0.3, 0.4) is 0 Å². The molecule has 5 heteroatoms. The predicted octanol–water partition coefficient (Wildman–Crippen LogP) is 0.660. The first-order chi connectivity index (χ1) is 7.11. The summed E-state index contributed by atoms with van der Waals surface area (Å²) in [4.78, 5) is 1.49. The summed E-state index contributed by atoms with van der Waals surface area (Å²) in [6, 6.07) is 0. The van der Waals surface area contributed by atoms with Gasteiger partial charge >= 0.3 is 0 Å². The molecule has 0 saturated heterocycles. The Hall–Kier alpha value is -0.970. The highest BCUT2D eigenvalue weighted by Crippen LogP contribution is 2.36. The van der Waals surface area contributed by atoms with Crippen molar-refractivity contribution in [3.8, 4) is 0 Å². The van der Waals surface area contributed by atoms with Crippen molar-refractivity contribution < 1.29 is 0 Å². The molecule has 0 spiro atoms. The van der Waals surface area contributed by atoms with Gasteiger partial charge in [-0.05, 0) is 30.4 Å². The van der Waals surface area contributed by atoms with Crippen LogP contribution >= 0.6 is 0 Å². The van der Waals surface area contributed by atoms with Gasteiger partial charge < -0.3 is 5.73 Å². The monoisotopic (exact) mass is 209 g/mol. The summed E-state index contributed by atoms with van der Waals surface area (Å²) < 4.78 is 0. The summed E-state index contributed by atoms with van der Waals surface area (Å²) >= 11 is 0. The Morgan fingerprint density at radius 1 is 1.60 bits per heavy atom. The first-order valence-electron chi connectivity index (χ1n) is 5.63. The zero-order valence-electron chi connectivity index (χ0n) is 9.48. The third-order valence-corrected chi connectivity index (χ3v) is 3.38. The standard InChI is InChI=1S/C10H19N5/c1-3-8-4-5-10(11,6-8)7-9-12-14-15(2)13-9/h8H,3-7,11H2,1-2H3. The van der Waals surface area contributed by atoms with Crippen LogP contribution in [0.5, 0.6) is 0 Å². The molecule has 1 fully saturated rings. The summed E-state index contributed by atoms with van der Waals surface area (Å²) in [5.74, 6) is 1.56. The van der Waals surface area contributed by atoms with Gasteiger partial charge in [-0.25, -0.2) is 0 Å². The lowest BCUT2D eigenvalue weighted by molar-refractivity contribution is 0.398. The fourth-order valence-electron chi connectivity index (χ4n) is 2.49. The molecular formula is C10H19N5. The molecule has 2 rings (SSSR count). The van der Waals surface area contributed by atoms with Crippen LogP contribution in [-0.4, -0.2) is 25.7 Å². The second-order valence-corrected chi connectivity index (χ2v) is 4.75. The lowest BCUT2D eigenvalue weighted by Crippen LogP contribution is -2.39. The second kappa shape index (κ2) is 3.89. The van der Waals surface area contributed by atoms with Crippen molar-refractivity contribution >= 4 is 0 Å². The molecular weight excluding hydrogens is 190 g/mol. The predicted molar refractivity (Wildman–Crippen MR) is 57.1 cm³/mol. The number of tetrazole rings is 1. The molecule has 84 valence electrons. The van der Waals surface area contributed by atoms with E-state index in [0.717, 1.165) is 31.0 Å². The Morgan fingerprint density at radius 2 is 2.40 bits per heavy atom. The summed E-state index contributed by atoms with van der Waals surface area (Å²) in [6.45, 7) is 2.23. The van der Waals surface area contributed by atoms with Crippen molar-refractivity contribution in [3.63, 3.8) is 0 Å². The summed E-state index contributed by atoms with van der Waals surface area (Å²) in [5.41, 5.74) is 6.26. The highest BCUT2D eigenvalue weighted by atomic mass is 15.6. The van der Waals surface area contributed by atoms with Gasteiger partial charge in [0.05, 0.1) is 7.05 Å².